The summed E-state index contributed by atoms with van der Waals surface area (Å²) in [6, 6.07) is 0. The van der Waals surface area contributed by atoms with E-state index in [2.05, 4.69) is 10.2 Å². The molecule has 2 N–H and O–H groups in total. The van der Waals surface area contributed by atoms with E-state index in [-0.39, 0.29) is 6.10 Å². The van der Waals surface area contributed by atoms with Crippen molar-refractivity contribution in [1.82, 2.24) is 5.32 Å². The maximum absolute atomic E-state index is 8.78. The zero-order chi connectivity index (χ0) is 8.44. The molecule has 1 heterocycles. The molecule has 3 heteroatoms. The highest BCUT2D eigenvalue weighted by atomic mass is 17.1. The van der Waals surface area contributed by atoms with E-state index in [0.717, 1.165) is 19.5 Å². The molecule has 0 aromatic carbocycles. The molecule has 0 bridgehead atoms. The highest BCUT2D eigenvalue weighted by Gasteiger charge is 2.43. The largest absolute Gasteiger partial charge is 0.314 e. The number of nitrogens with one attached hydrogen (secondary N) is 1. The highest BCUT2D eigenvalue weighted by Crippen LogP contribution is 2.45. The smallest absolute Gasteiger partial charge is 0.111 e. The van der Waals surface area contributed by atoms with Gasteiger partial charge in [0.2, 0.25) is 0 Å². The first-order valence-electron chi connectivity index (χ1n) is 4.88. The Kier molecular flexibility index (Phi) is 2.35. The first kappa shape index (κ1) is 8.48. The van der Waals surface area contributed by atoms with E-state index in [1.54, 1.807) is 0 Å². The predicted octanol–water partition coefficient (Wildman–Crippen LogP) is 1.40. The molecule has 12 heavy (non-hydrogen) atoms. The Bertz CT molecular complexity index is 155. The van der Waals surface area contributed by atoms with Gasteiger partial charge in [0.15, 0.2) is 0 Å². The first-order chi connectivity index (χ1) is 5.87. The normalized spacial score (nSPS) is 34.2. The molecule has 1 saturated carbocycles. The zero-order valence-electron chi connectivity index (χ0n) is 7.38. The highest BCUT2D eigenvalue weighted by molar-refractivity contribution is 4.95. The van der Waals surface area contributed by atoms with Gasteiger partial charge in [-0.2, -0.15) is 0 Å². The van der Waals surface area contributed by atoms with Crippen molar-refractivity contribution in [3.05, 3.63) is 0 Å². The lowest BCUT2D eigenvalue weighted by molar-refractivity contribution is -0.306. The minimum atomic E-state index is 0.0359. The molecular weight excluding hydrogens is 154 g/mol. The van der Waals surface area contributed by atoms with Crippen molar-refractivity contribution in [1.29, 1.82) is 0 Å². The Labute approximate surface area is 73.0 Å². The second-order valence-corrected chi connectivity index (χ2v) is 4.12. The van der Waals surface area contributed by atoms with Crippen molar-refractivity contribution >= 4 is 0 Å². The number of hydrogen-bond acceptors (Lipinski definition) is 3. The van der Waals surface area contributed by atoms with Crippen LogP contribution in [0.4, 0.5) is 0 Å². The van der Waals surface area contributed by atoms with Crippen LogP contribution in [0.5, 0.6) is 0 Å². The van der Waals surface area contributed by atoms with Crippen molar-refractivity contribution in [2.75, 3.05) is 13.1 Å². The minimum absolute atomic E-state index is 0.0359. The third kappa shape index (κ3) is 1.26. The topological polar surface area (TPSA) is 41.5 Å². The maximum atomic E-state index is 8.78. The molecule has 70 valence electrons. The van der Waals surface area contributed by atoms with Crippen molar-refractivity contribution in [2.24, 2.45) is 5.41 Å². The van der Waals surface area contributed by atoms with Gasteiger partial charge in [-0.1, -0.05) is 12.8 Å². The van der Waals surface area contributed by atoms with Gasteiger partial charge < -0.3 is 5.32 Å². The maximum Gasteiger partial charge on any atom is 0.111 e. The van der Waals surface area contributed by atoms with E-state index in [4.69, 9.17) is 5.26 Å². The number of piperidine rings is 1. The molecule has 0 aromatic rings. The summed E-state index contributed by atoms with van der Waals surface area (Å²) in [6.07, 6.45) is 6.28. The molecule has 1 atom stereocenters. The van der Waals surface area contributed by atoms with Crippen LogP contribution in [0.2, 0.25) is 0 Å². The Balaban J connectivity index is 2.07. The van der Waals surface area contributed by atoms with Crippen molar-refractivity contribution in [3.8, 4) is 0 Å². The van der Waals surface area contributed by atoms with Gasteiger partial charge in [0.25, 0.3) is 0 Å². The minimum Gasteiger partial charge on any atom is -0.314 e. The summed E-state index contributed by atoms with van der Waals surface area (Å²) in [5, 5.41) is 12.0. The summed E-state index contributed by atoms with van der Waals surface area (Å²) in [7, 11) is 0. The van der Waals surface area contributed by atoms with Gasteiger partial charge >= 0.3 is 0 Å². The van der Waals surface area contributed by atoms with Gasteiger partial charge in [0.1, 0.15) is 6.10 Å². The Morgan fingerprint density at radius 2 is 2.00 bits per heavy atom. The fourth-order valence-electron chi connectivity index (χ4n) is 2.75. The van der Waals surface area contributed by atoms with Crippen molar-refractivity contribution in [2.45, 2.75) is 38.2 Å². The SMILES string of the molecule is OOC1CNCCC12CCCC2. The van der Waals surface area contributed by atoms with Gasteiger partial charge in [-0.15, -0.1) is 0 Å². The van der Waals surface area contributed by atoms with E-state index in [9.17, 15) is 0 Å². The second-order valence-electron chi connectivity index (χ2n) is 4.12. The monoisotopic (exact) mass is 171 g/mol. The molecule has 1 aliphatic heterocycles. The lowest BCUT2D eigenvalue weighted by atomic mass is 9.75. The van der Waals surface area contributed by atoms with Gasteiger partial charge in [-0.05, 0) is 25.8 Å². The molecule has 0 aromatic heterocycles. The number of rotatable bonds is 1. The van der Waals surface area contributed by atoms with Crippen LogP contribution in [0.25, 0.3) is 0 Å². The Hall–Kier alpha value is -0.120. The van der Waals surface area contributed by atoms with Crippen LogP contribution in [0.3, 0.4) is 0 Å². The van der Waals surface area contributed by atoms with E-state index in [1.807, 2.05) is 0 Å². The summed E-state index contributed by atoms with van der Waals surface area (Å²) in [5.74, 6) is 0. The standard InChI is InChI=1S/C9H17NO2/c11-12-8-7-10-6-5-9(8)3-1-2-4-9/h8,10-11H,1-7H2. The summed E-state index contributed by atoms with van der Waals surface area (Å²) < 4.78 is 0. The first-order valence-corrected chi connectivity index (χ1v) is 4.88. The van der Waals surface area contributed by atoms with Gasteiger partial charge in [-0.3, -0.25) is 5.26 Å². The van der Waals surface area contributed by atoms with Crippen LogP contribution in [-0.4, -0.2) is 24.5 Å². The quantitative estimate of drug-likeness (QED) is 0.463. The van der Waals surface area contributed by atoms with Gasteiger partial charge in [0, 0.05) is 12.0 Å². The summed E-state index contributed by atoms with van der Waals surface area (Å²) >= 11 is 0. The Morgan fingerprint density at radius 3 is 2.67 bits per heavy atom. The molecule has 1 unspecified atom stereocenters. The molecule has 0 radical (unpaired) electrons. The summed E-state index contributed by atoms with van der Waals surface area (Å²) in [5.41, 5.74) is 0.306. The van der Waals surface area contributed by atoms with Crippen LogP contribution >= 0.6 is 0 Å². The molecule has 0 amide bonds. The molecule has 1 saturated heterocycles. The van der Waals surface area contributed by atoms with E-state index >= 15 is 0 Å². The van der Waals surface area contributed by atoms with E-state index in [0.29, 0.717) is 5.41 Å². The Morgan fingerprint density at radius 1 is 1.25 bits per heavy atom. The summed E-state index contributed by atoms with van der Waals surface area (Å²) in [6.45, 7) is 1.90. The van der Waals surface area contributed by atoms with Crippen LogP contribution in [0.1, 0.15) is 32.1 Å². The molecular formula is C9H17NO2. The average molecular weight is 171 g/mol. The van der Waals surface area contributed by atoms with E-state index in [1.165, 1.54) is 25.7 Å². The fourth-order valence-corrected chi connectivity index (χ4v) is 2.75. The van der Waals surface area contributed by atoms with Gasteiger partial charge in [0.05, 0.1) is 0 Å². The number of hydrogen-bond donors (Lipinski definition) is 2. The molecule has 2 fully saturated rings. The lowest BCUT2D eigenvalue weighted by Gasteiger charge is -2.39. The molecule has 1 spiro atoms. The van der Waals surface area contributed by atoms with Gasteiger partial charge in [-0.25, -0.2) is 4.89 Å². The molecule has 2 aliphatic rings. The molecule has 1 aliphatic carbocycles. The zero-order valence-corrected chi connectivity index (χ0v) is 7.38. The van der Waals surface area contributed by atoms with Crippen LogP contribution in [0.15, 0.2) is 0 Å². The van der Waals surface area contributed by atoms with Crippen molar-refractivity contribution in [3.63, 3.8) is 0 Å². The van der Waals surface area contributed by atoms with Crippen LogP contribution in [-0.2, 0) is 4.89 Å². The summed E-state index contributed by atoms with van der Waals surface area (Å²) in [4.78, 5) is 4.57. The predicted molar refractivity (Wildman–Crippen MR) is 45.9 cm³/mol. The third-order valence-corrected chi connectivity index (χ3v) is 3.54. The van der Waals surface area contributed by atoms with Crippen LogP contribution < -0.4 is 5.32 Å². The molecule has 3 nitrogen and oxygen atoms in total. The molecule has 2 rings (SSSR count). The van der Waals surface area contributed by atoms with Crippen LogP contribution in [0, 0.1) is 5.41 Å². The fraction of sp³-hybridized carbons (Fsp3) is 1.00. The second kappa shape index (κ2) is 3.32. The lowest BCUT2D eigenvalue weighted by Crippen LogP contribution is -2.48. The third-order valence-electron chi connectivity index (χ3n) is 3.54. The average Bonchev–Trinajstić information content (AvgIpc) is 2.55. The van der Waals surface area contributed by atoms with E-state index < -0.39 is 0 Å². The van der Waals surface area contributed by atoms with Crippen molar-refractivity contribution < 1.29 is 10.1 Å².